The Hall–Kier alpha value is -4.71. The van der Waals surface area contributed by atoms with Crippen molar-refractivity contribution in [3.05, 3.63) is 124 Å². The van der Waals surface area contributed by atoms with Crippen molar-refractivity contribution in [2.75, 3.05) is 34.3 Å². The molecule has 42 heavy (non-hydrogen) atoms. The van der Waals surface area contributed by atoms with Gasteiger partial charge >= 0.3 is 0 Å². The van der Waals surface area contributed by atoms with Gasteiger partial charge < -0.3 is 14.7 Å². The number of carbonyl (C=O) groups is 3. The van der Waals surface area contributed by atoms with Crippen LogP contribution in [0.4, 0.5) is 17.1 Å². The van der Waals surface area contributed by atoms with Crippen LogP contribution in [0.3, 0.4) is 0 Å². The number of carbonyl (C=O) groups excluding carboxylic acids is 3. The van der Waals surface area contributed by atoms with E-state index in [0.717, 1.165) is 33.8 Å². The lowest BCUT2D eigenvalue weighted by atomic mass is 10.0. The van der Waals surface area contributed by atoms with Crippen molar-refractivity contribution in [2.24, 2.45) is 0 Å². The number of aryl methyl sites for hydroxylation is 3. The quantitative estimate of drug-likeness (QED) is 0.211. The molecule has 0 spiro atoms. The van der Waals surface area contributed by atoms with E-state index >= 15 is 0 Å². The second kappa shape index (κ2) is 13.3. The molecule has 0 atom stereocenters. The summed E-state index contributed by atoms with van der Waals surface area (Å²) < 4.78 is 0. The Balaban J connectivity index is 1.86. The van der Waals surface area contributed by atoms with Crippen molar-refractivity contribution in [3.63, 3.8) is 0 Å². The highest BCUT2D eigenvalue weighted by Gasteiger charge is 2.26. The van der Waals surface area contributed by atoms with Gasteiger partial charge in [0.1, 0.15) is 0 Å². The molecule has 0 aliphatic carbocycles. The maximum absolute atomic E-state index is 14.1. The van der Waals surface area contributed by atoms with E-state index < -0.39 is 0 Å². The molecule has 4 rings (SSSR count). The van der Waals surface area contributed by atoms with Crippen LogP contribution in [0, 0.1) is 20.8 Å². The molecule has 0 fully saturated rings. The van der Waals surface area contributed by atoms with E-state index in [2.05, 4.69) is 0 Å². The maximum Gasteiger partial charge on any atom is 0.258 e. The molecule has 3 amide bonds. The number of rotatable bonds is 9. The number of para-hydroxylation sites is 3. The topological polar surface area (TPSA) is 60.9 Å². The third kappa shape index (κ3) is 6.13. The van der Waals surface area contributed by atoms with E-state index in [0.29, 0.717) is 19.6 Å². The van der Waals surface area contributed by atoms with E-state index in [4.69, 9.17) is 0 Å². The van der Waals surface area contributed by atoms with Crippen LogP contribution >= 0.6 is 0 Å². The molecule has 216 valence electrons. The van der Waals surface area contributed by atoms with Gasteiger partial charge in [-0.3, -0.25) is 14.4 Å². The van der Waals surface area contributed by atoms with Crippen LogP contribution in [0.2, 0.25) is 0 Å². The lowest BCUT2D eigenvalue weighted by Crippen LogP contribution is -2.35. The first-order chi connectivity index (χ1) is 20.2. The fourth-order valence-corrected chi connectivity index (χ4v) is 5.33. The standard InChI is InChI=1S/C36H39N3O3/c1-7-37(31-19-13-10-16-25(31)4)34(40)28-22-29(35(41)38(8-2)32-20-14-11-17-26(32)5)24-30(23-28)36(42)39(9-3)33-21-15-12-18-27(33)6/h10-24H,7-9H2,1-6H3. The Morgan fingerprint density at radius 3 is 0.905 bits per heavy atom. The summed E-state index contributed by atoms with van der Waals surface area (Å²) in [6, 6.07) is 28.0. The van der Waals surface area contributed by atoms with Gasteiger partial charge in [-0.15, -0.1) is 0 Å². The smallest absolute Gasteiger partial charge is 0.258 e. The molecular formula is C36H39N3O3. The molecule has 6 nitrogen and oxygen atoms in total. The predicted molar refractivity (Wildman–Crippen MR) is 172 cm³/mol. The summed E-state index contributed by atoms with van der Waals surface area (Å²) in [5.41, 5.74) is 6.13. The molecule has 4 aromatic carbocycles. The average Bonchev–Trinajstić information content (AvgIpc) is 3.00. The number of hydrogen-bond donors (Lipinski definition) is 0. The summed E-state index contributed by atoms with van der Waals surface area (Å²) in [5.74, 6) is -0.810. The second-order valence-electron chi connectivity index (χ2n) is 10.3. The molecule has 0 radical (unpaired) electrons. The van der Waals surface area contributed by atoms with Crippen LogP contribution in [-0.4, -0.2) is 37.4 Å². The van der Waals surface area contributed by atoms with Crippen molar-refractivity contribution in [1.82, 2.24) is 0 Å². The third-order valence-corrected chi connectivity index (χ3v) is 7.58. The van der Waals surface area contributed by atoms with Crippen molar-refractivity contribution in [3.8, 4) is 0 Å². The molecular weight excluding hydrogens is 522 g/mol. The van der Waals surface area contributed by atoms with Crippen molar-refractivity contribution >= 4 is 34.8 Å². The molecule has 0 unspecified atom stereocenters. The number of benzene rings is 4. The van der Waals surface area contributed by atoms with Crippen LogP contribution < -0.4 is 14.7 Å². The number of amides is 3. The highest BCUT2D eigenvalue weighted by atomic mass is 16.2. The largest absolute Gasteiger partial charge is 0.308 e. The van der Waals surface area contributed by atoms with Gasteiger partial charge in [0.15, 0.2) is 0 Å². The minimum Gasteiger partial charge on any atom is -0.308 e. The Bertz CT molecular complexity index is 1410. The normalized spacial score (nSPS) is 10.7. The zero-order valence-electron chi connectivity index (χ0n) is 25.3. The molecule has 0 aliphatic rings. The van der Waals surface area contributed by atoms with Gasteiger partial charge in [-0.2, -0.15) is 0 Å². The molecule has 0 saturated carbocycles. The minimum absolute atomic E-state index is 0.270. The summed E-state index contributed by atoms with van der Waals surface area (Å²) in [5, 5.41) is 0. The summed E-state index contributed by atoms with van der Waals surface area (Å²) >= 11 is 0. The highest BCUT2D eigenvalue weighted by Crippen LogP contribution is 2.27. The fourth-order valence-electron chi connectivity index (χ4n) is 5.33. The van der Waals surface area contributed by atoms with Gasteiger partial charge in [-0.05, 0) is 94.6 Å². The molecule has 0 heterocycles. The maximum atomic E-state index is 14.1. The second-order valence-corrected chi connectivity index (χ2v) is 10.3. The van der Waals surface area contributed by atoms with Crippen molar-refractivity contribution < 1.29 is 14.4 Å². The van der Waals surface area contributed by atoms with Crippen LogP contribution in [0.1, 0.15) is 68.5 Å². The molecule has 6 heteroatoms. The number of nitrogens with zero attached hydrogens (tertiary/aromatic N) is 3. The Kier molecular flexibility index (Phi) is 9.58. The fraction of sp³-hybridized carbons (Fsp3) is 0.250. The zero-order valence-corrected chi connectivity index (χ0v) is 25.3. The van der Waals surface area contributed by atoms with Crippen LogP contribution in [0.5, 0.6) is 0 Å². The first-order valence-electron chi connectivity index (χ1n) is 14.5. The Morgan fingerprint density at radius 1 is 0.452 bits per heavy atom. The van der Waals surface area contributed by atoms with E-state index in [9.17, 15) is 14.4 Å². The van der Waals surface area contributed by atoms with Crippen LogP contribution in [0.25, 0.3) is 0 Å². The SMILES string of the molecule is CCN(C(=O)c1cc(C(=O)N(CC)c2ccccc2C)cc(C(=O)N(CC)c2ccccc2C)c1)c1ccccc1C. The van der Waals surface area contributed by atoms with Gasteiger partial charge in [0.2, 0.25) is 0 Å². The molecule has 0 aliphatic heterocycles. The first-order valence-corrected chi connectivity index (χ1v) is 14.5. The predicted octanol–water partition coefficient (Wildman–Crippen LogP) is 7.61. The van der Waals surface area contributed by atoms with E-state index in [1.807, 2.05) is 114 Å². The number of anilines is 3. The molecule has 4 aromatic rings. The first kappa shape index (κ1) is 30.3. The molecule has 0 bridgehead atoms. The highest BCUT2D eigenvalue weighted by molar-refractivity contribution is 6.14. The van der Waals surface area contributed by atoms with Gasteiger partial charge in [0.05, 0.1) is 0 Å². The lowest BCUT2D eigenvalue weighted by Gasteiger charge is -2.26. The number of hydrogen-bond acceptors (Lipinski definition) is 3. The van der Waals surface area contributed by atoms with Gasteiger partial charge in [0.25, 0.3) is 17.7 Å². The van der Waals surface area contributed by atoms with Crippen LogP contribution in [0.15, 0.2) is 91.0 Å². The summed E-state index contributed by atoms with van der Waals surface area (Å²) in [6.45, 7) is 12.9. The molecule has 0 N–H and O–H groups in total. The van der Waals surface area contributed by atoms with E-state index in [1.165, 1.54) is 0 Å². The van der Waals surface area contributed by atoms with Gasteiger partial charge in [-0.1, -0.05) is 54.6 Å². The molecule has 0 aromatic heterocycles. The van der Waals surface area contributed by atoms with Crippen LogP contribution in [-0.2, 0) is 0 Å². The zero-order chi connectivity index (χ0) is 30.4. The van der Waals surface area contributed by atoms with E-state index in [-0.39, 0.29) is 34.4 Å². The molecule has 0 saturated heterocycles. The third-order valence-electron chi connectivity index (χ3n) is 7.58. The monoisotopic (exact) mass is 561 g/mol. The van der Waals surface area contributed by atoms with Crippen molar-refractivity contribution in [1.29, 1.82) is 0 Å². The summed E-state index contributed by atoms with van der Waals surface area (Å²) in [4.78, 5) is 47.3. The van der Waals surface area contributed by atoms with Gasteiger partial charge in [-0.25, -0.2) is 0 Å². The summed E-state index contributed by atoms with van der Waals surface area (Å²) in [7, 11) is 0. The van der Waals surface area contributed by atoms with Gasteiger partial charge in [0, 0.05) is 53.4 Å². The average molecular weight is 562 g/mol. The Morgan fingerprint density at radius 2 is 0.690 bits per heavy atom. The minimum atomic E-state index is -0.270. The van der Waals surface area contributed by atoms with E-state index in [1.54, 1.807) is 32.9 Å². The Labute approximate surface area is 249 Å². The van der Waals surface area contributed by atoms with Crippen molar-refractivity contribution in [2.45, 2.75) is 41.5 Å². The lowest BCUT2D eigenvalue weighted by molar-refractivity contribution is 0.0987. The summed E-state index contributed by atoms with van der Waals surface area (Å²) in [6.07, 6.45) is 0.